The molecule has 1 heterocycles. The van der Waals surface area contributed by atoms with E-state index in [-0.39, 0.29) is 21.9 Å². The third-order valence-electron chi connectivity index (χ3n) is 3.99. The minimum Gasteiger partial charge on any atom is -0.867 e. The summed E-state index contributed by atoms with van der Waals surface area (Å²) in [6.07, 6.45) is 3.50. The van der Waals surface area contributed by atoms with Gasteiger partial charge in [0.15, 0.2) is 17.4 Å². The summed E-state index contributed by atoms with van der Waals surface area (Å²) in [7, 11) is 0. The molecule has 3 aromatic rings. The number of rotatable bonds is 5. The maximum atomic E-state index is 13.3. The second-order valence-corrected chi connectivity index (χ2v) is 6.50. The number of non-ortho nitro benzene ring substituents is 1. The van der Waals surface area contributed by atoms with Crippen molar-refractivity contribution in [2.24, 2.45) is 0 Å². The van der Waals surface area contributed by atoms with Crippen molar-refractivity contribution in [1.29, 1.82) is 0 Å². The predicted molar refractivity (Wildman–Crippen MR) is 110 cm³/mol. The Bertz CT molecular complexity index is 1070. The number of nitrogens with one attached hydrogen (secondary N) is 1. The molecule has 6 nitrogen and oxygen atoms in total. The number of nitro benzene ring substituents is 1. The molecule has 0 saturated heterocycles. The van der Waals surface area contributed by atoms with Gasteiger partial charge in [0.2, 0.25) is 5.70 Å². The van der Waals surface area contributed by atoms with Crippen LogP contribution in [-0.4, -0.2) is 9.91 Å². The summed E-state index contributed by atoms with van der Waals surface area (Å²) < 4.78 is 1.63. The summed E-state index contributed by atoms with van der Waals surface area (Å²) in [6, 6.07) is 18.6. The fourth-order valence-electron chi connectivity index (χ4n) is 2.68. The highest BCUT2D eigenvalue weighted by atomic mass is 32.1. The third-order valence-corrected chi connectivity index (χ3v) is 4.28. The Kier molecular flexibility index (Phi) is 5.76. The van der Waals surface area contributed by atoms with E-state index < -0.39 is 10.7 Å². The molecule has 7 heteroatoms. The third kappa shape index (κ3) is 4.39. The molecule has 0 fully saturated rings. The molecule has 0 unspecified atom stereocenters. The fourth-order valence-corrected chi connectivity index (χ4v) is 2.99. The first-order valence-corrected chi connectivity index (χ1v) is 8.87. The Labute approximate surface area is 167 Å². The van der Waals surface area contributed by atoms with Crippen LogP contribution in [0.25, 0.3) is 11.5 Å². The number of nitrogens with zero attached hydrogens (tertiary/aromatic N) is 2. The number of aromatic nitrogens is 1. The normalized spacial score (nSPS) is 11.5. The van der Waals surface area contributed by atoms with Crippen LogP contribution in [0.4, 0.5) is 11.4 Å². The maximum absolute atomic E-state index is 13.3. The van der Waals surface area contributed by atoms with Crippen molar-refractivity contribution in [3.05, 3.63) is 100 Å². The van der Waals surface area contributed by atoms with Crippen molar-refractivity contribution in [1.82, 2.24) is 0 Å². The summed E-state index contributed by atoms with van der Waals surface area (Å²) >= 11 is 5.52. The topological polar surface area (TPSA) is 82.1 Å². The van der Waals surface area contributed by atoms with E-state index in [2.05, 4.69) is 5.32 Å². The zero-order valence-electron chi connectivity index (χ0n) is 15.0. The first-order chi connectivity index (χ1) is 13.5. The molecule has 1 aromatic heterocycles. The molecular weight excluding hydrogens is 374 g/mol. The van der Waals surface area contributed by atoms with E-state index in [0.29, 0.717) is 0 Å². The molecule has 0 aliphatic heterocycles. The lowest BCUT2D eigenvalue weighted by molar-refractivity contribution is -0.578. The summed E-state index contributed by atoms with van der Waals surface area (Å²) in [5.41, 5.74) is 1.93. The lowest BCUT2D eigenvalue weighted by Crippen LogP contribution is -2.40. The van der Waals surface area contributed by atoms with Crippen LogP contribution in [0.2, 0.25) is 0 Å². The smallest absolute Gasteiger partial charge is 0.270 e. The highest BCUT2D eigenvalue weighted by Gasteiger charge is 2.20. The summed E-state index contributed by atoms with van der Waals surface area (Å²) in [6.45, 7) is 1.90. The van der Waals surface area contributed by atoms with Crippen LogP contribution in [0.15, 0.2) is 79.1 Å². The standard InChI is InChI=1S/C21H17N3O3S/c1-15-7-6-12-23(14-15)19(21(28)22-17-9-3-2-4-10-17)20(25)16-8-5-11-18(13-16)24(26)27/h2-14H,1H3,(H-,22,25,28). The molecular formula is C21H17N3O3S. The fraction of sp³-hybridized carbons (Fsp3) is 0.0476. The number of para-hydroxylation sites is 1. The van der Waals surface area contributed by atoms with Gasteiger partial charge in [-0.15, -0.1) is 0 Å². The Morgan fingerprint density at radius 1 is 1.07 bits per heavy atom. The van der Waals surface area contributed by atoms with Gasteiger partial charge in [0.05, 0.1) is 4.92 Å². The number of hydrogen-bond donors (Lipinski definition) is 1. The van der Waals surface area contributed by atoms with Crippen LogP contribution in [0.1, 0.15) is 11.1 Å². The highest BCUT2D eigenvalue weighted by Crippen LogP contribution is 2.21. The number of aryl methyl sites for hydroxylation is 1. The number of anilines is 1. The van der Waals surface area contributed by atoms with Crippen molar-refractivity contribution in [2.75, 3.05) is 5.32 Å². The van der Waals surface area contributed by atoms with Gasteiger partial charge in [0.1, 0.15) is 0 Å². The second-order valence-electron chi connectivity index (χ2n) is 6.09. The molecule has 0 amide bonds. The zero-order valence-corrected chi connectivity index (χ0v) is 15.8. The van der Waals surface area contributed by atoms with E-state index in [1.165, 1.54) is 24.3 Å². The van der Waals surface area contributed by atoms with Gasteiger partial charge < -0.3 is 10.4 Å². The number of thiocarbonyl (C=S) groups is 1. The Balaban J connectivity index is 2.12. The minimum atomic E-state index is -0.531. The van der Waals surface area contributed by atoms with Gasteiger partial charge in [0, 0.05) is 29.4 Å². The average Bonchev–Trinajstić information content (AvgIpc) is 2.69. The molecule has 0 atom stereocenters. The van der Waals surface area contributed by atoms with Crippen LogP contribution >= 0.6 is 12.2 Å². The number of nitro groups is 1. The first-order valence-electron chi connectivity index (χ1n) is 8.46. The highest BCUT2D eigenvalue weighted by molar-refractivity contribution is 7.81. The number of pyridine rings is 1. The Morgan fingerprint density at radius 3 is 2.50 bits per heavy atom. The number of hydrogen-bond acceptors (Lipinski definition) is 4. The summed E-state index contributed by atoms with van der Waals surface area (Å²) in [5, 5.41) is 27.4. The van der Waals surface area contributed by atoms with Gasteiger partial charge in [-0.2, -0.15) is 4.57 Å². The quantitative estimate of drug-likeness (QED) is 0.180. The lowest BCUT2D eigenvalue weighted by atomic mass is 10.1. The molecule has 1 N–H and O–H groups in total. The van der Waals surface area contributed by atoms with Crippen LogP contribution in [0.3, 0.4) is 0 Å². The largest absolute Gasteiger partial charge is 0.867 e. The summed E-state index contributed by atoms with van der Waals surface area (Å²) in [5.74, 6) is -0.410. The van der Waals surface area contributed by atoms with E-state index in [4.69, 9.17) is 12.2 Å². The molecule has 0 bridgehead atoms. The van der Waals surface area contributed by atoms with Crippen LogP contribution in [0.5, 0.6) is 0 Å². The SMILES string of the molecule is Cc1ccc[n+](C(C(=S)Nc2ccccc2)=C([O-])c2cccc([N+](=O)[O-])c2)c1. The van der Waals surface area contributed by atoms with E-state index in [1.807, 2.05) is 43.3 Å². The summed E-state index contributed by atoms with van der Waals surface area (Å²) in [4.78, 5) is 10.8. The van der Waals surface area contributed by atoms with Gasteiger partial charge >= 0.3 is 0 Å². The monoisotopic (exact) mass is 391 g/mol. The molecule has 3 rings (SSSR count). The van der Waals surface area contributed by atoms with Gasteiger partial charge in [-0.25, -0.2) is 0 Å². The first kappa shape index (κ1) is 19.2. The molecule has 0 spiro atoms. The molecule has 0 aliphatic rings. The molecule has 2 aromatic carbocycles. The van der Waals surface area contributed by atoms with Gasteiger partial charge in [-0.3, -0.25) is 10.1 Å². The second kappa shape index (κ2) is 8.41. The predicted octanol–water partition coefficient (Wildman–Crippen LogP) is 3.32. The molecule has 0 aliphatic carbocycles. The Morgan fingerprint density at radius 2 is 1.82 bits per heavy atom. The Hall–Kier alpha value is -3.58. The van der Waals surface area contributed by atoms with E-state index in [0.717, 1.165) is 11.3 Å². The van der Waals surface area contributed by atoms with Gasteiger partial charge in [-0.1, -0.05) is 42.5 Å². The average molecular weight is 391 g/mol. The van der Waals surface area contributed by atoms with Crippen molar-refractivity contribution in [3.8, 4) is 0 Å². The van der Waals surface area contributed by atoms with E-state index in [9.17, 15) is 15.2 Å². The molecule has 0 radical (unpaired) electrons. The van der Waals surface area contributed by atoms with Crippen LogP contribution in [-0.2, 0) is 0 Å². The van der Waals surface area contributed by atoms with E-state index in [1.54, 1.807) is 23.0 Å². The minimum absolute atomic E-state index is 0.152. The number of benzene rings is 2. The van der Waals surface area contributed by atoms with Crippen LogP contribution in [0, 0.1) is 17.0 Å². The van der Waals surface area contributed by atoms with Gasteiger partial charge in [-0.05, 0) is 36.4 Å². The van der Waals surface area contributed by atoms with Crippen molar-refractivity contribution in [3.63, 3.8) is 0 Å². The molecule has 140 valence electrons. The van der Waals surface area contributed by atoms with E-state index >= 15 is 0 Å². The van der Waals surface area contributed by atoms with Crippen molar-refractivity contribution >= 4 is 40.0 Å². The van der Waals surface area contributed by atoms with Gasteiger partial charge in [0.25, 0.3) is 5.69 Å². The van der Waals surface area contributed by atoms with Crippen molar-refractivity contribution in [2.45, 2.75) is 6.92 Å². The van der Waals surface area contributed by atoms with Crippen molar-refractivity contribution < 1.29 is 14.6 Å². The zero-order chi connectivity index (χ0) is 20.1. The molecule has 0 saturated carbocycles. The maximum Gasteiger partial charge on any atom is 0.270 e. The van der Waals surface area contributed by atoms with Crippen LogP contribution < -0.4 is 15.0 Å². The lowest BCUT2D eigenvalue weighted by Gasteiger charge is -2.17. The molecule has 28 heavy (non-hydrogen) atoms.